The van der Waals surface area contributed by atoms with E-state index < -0.39 is 0 Å². The van der Waals surface area contributed by atoms with Crippen LogP contribution in [0.5, 0.6) is 5.75 Å². The quantitative estimate of drug-likeness (QED) is 0.692. The average molecular weight is 345 g/mol. The molecule has 0 spiro atoms. The lowest BCUT2D eigenvalue weighted by Crippen LogP contribution is -2.14. The summed E-state index contributed by atoms with van der Waals surface area (Å²) in [5.41, 5.74) is 1.91. The van der Waals surface area contributed by atoms with Gasteiger partial charge in [-0.3, -0.25) is 4.79 Å². The minimum atomic E-state index is -0.234. The van der Waals surface area contributed by atoms with Gasteiger partial charge in [0.05, 0.1) is 22.8 Å². The molecule has 0 bridgehead atoms. The van der Waals surface area contributed by atoms with E-state index in [-0.39, 0.29) is 18.1 Å². The third-order valence-corrected chi connectivity index (χ3v) is 4.43. The van der Waals surface area contributed by atoms with Crippen LogP contribution in [0.3, 0.4) is 0 Å². The molecule has 1 amide bonds. The van der Waals surface area contributed by atoms with Crippen LogP contribution in [0.25, 0.3) is 10.6 Å². The molecule has 3 rings (SSSR count). The van der Waals surface area contributed by atoms with Crippen LogP contribution in [0, 0.1) is 0 Å². The number of phenolic OH excluding ortho intramolecular Hbond substituents is 1. The van der Waals surface area contributed by atoms with E-state index in [9.17, 15) is 9.90 Å². The molecule has 3 aromatic rings. The number of phenols is 1. The molecule has 0 aliphatic heterocycles. The van der Waals surface area contributed by atoms with Gasteiger partial charge >= 0.3 is 0 Å². The van der Waals surface area contributed by atoms with Crippen molar-refractivity contribution in [2.75, 3.05) is 5.32 Å². The van der Waals surface area contributed by atoms with E-state index in [1.54, 1.807) is 18.2 Å². The Kier molecular flexibility index (Phi) is 4.60. The van der Waals surface area contributed by atoms with Crippen LogP contribution >= 0.6 is 22.9 Å². The highest BCUT2D eigenvalue weighted by Crippen LogP contribution is 2.30. The number of hydrogen-bond acceptors (Lipinski definition) is 4. The number of aromatic hydroxyl groups is 1. The van der Waals surface area contributed by atoms with Crippen molar-refractivity contribution in [1.29, 1.82) is 0 Å². The molecule has 6 heteroatoms. The maximum absolute atomic E-state index is 12.1. The lowest BCUT2D eigenvalue weighted by Gasteiger charge is -2.05. The Hall–Kier alpha value is -2.37. The molecular weight excluding hydrogens is 332 g/mol. The number of nitrogens with one attached hydrogen (secondary N) is 1. The summed E-state index contributed by atoms with van der Waals surface area (Å²) in [6.45, 7) is 0. The smallest absolute Gasteiger partial charge is 0.230 e. The molecule has 1 heterocycles. The van der Waals surface area contributed by atoms with Crippen LogP contribution in [0.2, 0.25) is 5.02 Å². The largest absolute Gasteiger partial charge is 0.506 e. The Labute approximate surface area is 142 Å². The first-order chi connectivity index (χ1) is 11.1. The molecule has 0 atom stereocenters. The number of carbonyl (C=O) groups is 1. The van der Waals surface area contributed by atoms with Gasteiger partial charge < -0.3 is 10.4 Å². The van der Waals surface area contributed by atoms with E-state index in [2.05, 4.69) is 10.3 Å². The number of hydrogen-bond donors (Lipinski definition) is 2. The number of para-hydroxylation sites is 2. The van der Waals surface area contributed by atoms with Crippen molar-refractivity contribution in [3.8, 4) is 16.3 Å². The van der Waals surface area contributed by atoms with Crippen molar-refractivity contribution in [3.63, 3.8) is 0 Å². The predicted octanol–water partition coefficient (Wildman–Crippen LogP) is 4.35. The van der Waals surface area contributed by atoms with Gasteiger partial charge in [0.1, 0.15) is 10.8 Å². The number of benzene rings is 2. The summed E-state index contributed by atoms with van der Waals surface area (Å²) in [5, 5.41) is 15.6. The summed E-state index contributed by atoms with van der Waals surface area (Å²) in [5.74, 6) is -0.196. The van der Waals surface area contributed by atoms with Crippen molar-refractivity contribution in [2.24, 2.45) is 0 Å². The predicted molar refractivity (Wildman–Crippen MR) is 93.0 cm³/mol. The van der Waals surface area contributed by atoms with Gasteiger partial charge in [0, 0.05) is 10.9 Å². The zero-order valence-corrected chi connectivity index (χ0v) is 13.6. The van der Waals surface area contributed by atoms with Crippen molar-refractivity contribution >= 4 is 34.5 Å². The molecule has 0 aliphatic carbocycles. The third kappa shape index (κ3) is 3.70. The minimum absolute atomic E-state index is 0.0379. The van der Waals surface area contributed by atoms with Crippen LogP contribution in [0.15, 0.2) is 53.9 Å². The molecule has 0 saturated heterocycles. The highest BCUT2D eigenvalue weighted by molar-refractivity contribution is 7.13. The summed E-state index contributed by atoms with van der Waals surface area (Å²) in [6.07, 6.45) is 0.134. The third-order valence-electron chi connectivity index (χ3n) is 3.18. The Morgan fingerprint density at radius 2 is 1.91 bits per heavy atom. The Bertz CT molecular complexity index is 848. The number of nitrogens with zero attached hydrogens (tertiary/aromatic N) is 1. The van der Waals surface area contributed by atoms with E-state index in [1.807, 2.05) is 29.6 Å². The first-order valence-electron chi connectivity index (χ1n) is 6.90. The molecular formula is C17H13ClN2O2S. The van der Waals surface area contributed by atoms with Gasteiger partial charge in [0.2, 0.25) is 5.91 Å². The second-order valence-electron chi connectivity index (χ2n) is 4.87. The monoisotopic (exact) mass is 344 g/mol. The zero-order chi connectivity index (χ0) is 16.2. The lowest BCUT2D eigenvalue weighted by molar-refractivity contribution is -0.115. The Balaban J connectivity index is 1.71. The van der Waals surface area contributed by atoms with Gasteiger partial charge in [0.15, 0.2) is 0 Å². The molecule has 2 aromatic carbocycles. The number of anilines is 1. The zero-order valence-electron chi connectivity index (χ0n) is 12.0. The summed E-state index contributed by atoms with van der Waals surface area (Å²) in [7, 11) is 0. The van der Waals surface area contributed by atoms with Crippen molar-refractivity contribution in [1.82, 2.24) is 4.98 Å². The number of carbonyl (C=O) groups excluding carboxylic acids is 1. The van der Waals surface area contributed by atoms with Crippen LogP contribution in [-0.2, 0) is 11.2 Å². The first-order valence-corrected chi connectivity index (χ1v) is 8.16. The van der Waals surface area contributed by atoms with Crippen LogP contribution in [0.4, 0.5) is 5.69 Å². The maximum Gasteiger partial charge on any atom is 0.230 e. The highest BCUT2D eigenvalue weighted by Gasteiger charge is 2.12. The van der Waals surface area contributed by atoms with Gasteiger partial charge in [-0.1, -0.05) is 41.9 Å². The van der Waals surface area contributed by atoms with Gasteiger partial charge in [-0.15, -0.1) is 11.3 Å². The van der Waals surface area contributed by atoms with Crippen LogP contribution < -0.4 is 5.32 Å². The number of rotatable bonds is 4. The first kappa shape index (κ1) is 15.5. The fraction of sp³-hybridized carbons (Fsp3) is 0.0588. The van der Waals surface area contributed by atoms with Gasteiger partial charge in [-0.05, 0) is 18.2 Å². The van der Waals surface area contributed by atoms with Gasteiger partial charge in [0.25, 0.3) is 0 Å². The number of halogens is 1. The molecule has 0 radical (unpaired) electrons. The molecule has 23 heavy (non-hydrogen) atoms. The topological polar surface area (TPSA) is 62.2 Å². The van der Waals surface area contributed by atoms with Crippen molar-refractivity contribution in [3.05, 3.63) is 64.6 Å². The van der Waals surface area contributed by atoms with Crippen molar-refractivity contribution < 1.29 is 9.90 Å². The fourth-order valence-electron chi connectivity index (χ4n) is 2.08. The standard InChI is InChI=1S/C17H13ClN2O2S/c18-13-6-2-1-5-12(13)17-19-11(10-23-17)9-16(22)20-14-7-3-4-8-15(14)21/h1-8,10,21H,9H2,(H,20,22). The molecule has 2 N–H and O–H groups in total. The van der Waals surface area contributed by atoms with E-state index in [1.165, 1.54) is 17.4 Å². The second kappa shape index (κ2) is 6.81. The van der Waals surface area contributed by atoms with Gasteiger partial charge in [-0.25, -0.2) is 4.98 Å². The molecule has 0 unspecified atom stereocenters. The average Bonchev–Trinajstić information content (AvgIpc) is 2.98. The fourth-order valence-corrected chi connectivity index (χ4v) is 3.22. The van der Waals surface area contributed by atoms with E-state index in [0.717, 1.165) is 10.6 Å². The molecule has 1 aromatic heterocycles. The molecule has 0 fully saturated rings. The second-order valence-corrected chi connectivity index (χ2v) is 6.13. The maximum atomic E-state index is 12.1. The van der Waals surface area contributed by atoms with Crippen LogP contribution in [0.1, 0.15) is 5.69 Å². The number of amides is 1. The Morgan fingerprint density at radius 1 is 1.17 bits per heavy atom. The lowest BCUT2D eigenvalue weighted by atomic mass is 10.2. The summed E-state index contributed by atoms with van der Waals surface area (Å²) >= 11 is 7.60. The summed E-state index contributed by atoms with van der Waals surface area (Å²) in [6, 6.07) is 14.1. The normalized spacial score (nSPS) is 10.5. The minimum Gasteiger partial charge on any atom is -0.506 e. The van der Waals surface area contributed by atoms with E-state index in [4.69, 9.17) is 11.6 Å². The van der Waals surface area contributed by atoms with E-state index in [0.29, 0.717) is 16.4 Å². The van der Waals surface area contributed by atoms with Gasteiger partial charge in [-0.2, -0.15) is 0 Å². The van der Waals surface area contributed by atoms with Crippen LogP contribution in [-0.4, -0.2) is 16.0 Å². The summed E-state index contributed by atoms with van der Waals surface area (Å²) < 4.78 is 0. The molecule has 0 aliphatic rings. The molecule has 0 saturated carbocycles. The van der Waals surface area contributed by atoms with E-state index >= 15 is 0 Å². The SMILES string of the molecule is O=C(Cc1csc(-c2ccccc2Cl)n1)Nc1ccccc1O. The Morgan fingerprint density at radius 3 is 2.70 bits per heavy atom. The number of aromatic nitrogens is 1. The summed E-state index contributed by atoms with van der Waals surface area (Å²) in [4.78, 5) is 16.5. The number of thiazole rings is 1. The van der Waals surface area contributed by atoms with Crippen molar-refractivity contribution in [2.45, 2.75) is 6.42 Å². The molecule has 116 valence electrons. The molecule has 4 nitrogen and oxygen atoms in total. The highest BCUT2D eigenvalue weighted by atomic mass is 35.5.